The van der Waals surface area contributed by atoms with Crippen LogP contribution in [0.1, 0.15) is 17.0 Å². The van der Waals surface area contributed by atoms with Gasteiger partial charge in [-0.05, 0) is 11.1 Å². The van der Waals surface area contributed by atoms with Crippen molar-refractivity contribution >= 4 is 5.91 Å². The zero-order chi connectivity index (χ0) is 16.8. The summed E-state index contributed by atoms with van der Waals surface area (Å²) in [6.07, 6.45) is 0. The van der Waals surface area contributed by atoms with Crippen molar-refractivity contribution in [2.75, 3.05) is 32.8 Å². The van der Waals surface area contributed by atoms with Gasteiger partial charge in [-0.25, -0.2) is 0 Å². The first-order valence-corrected chi connectivity index (χ1v) is 8.49. The summed E-state index contributed by atoms with van der Waals surface area (Å²) in [6.45, 7) is 3.95. The molecule has 1 N–H and O–H groups in total. The Hall–Kier alpha value is -2.17. The minimum absolute atomic E-state index is 0.0306. The lowest BCUT2D eigenvalue weighted by atomic mass is 9.98. The molecule has 2 aromatic carbocycles. The van der Waals surface area contributed by atoms with Crippen LogP contribution < -0.4 is 0 Å². The van der Waals surface area contributed by atoms with E-state index in [-0.39, 0.29) is 12.5 Å². The molecule has 2 aromatic rings. The number of carbonyl (C=O) groups excluding carboxylic acids is 1. The first-order chi connectivity index (χ1) is 11.8. The van der Waals surface area contributed by atoms with Crippen molar-refractivity contribution in [3.8, 4) is 0 Å². The highest BCUT2D eigenvalue weighted by Gasteiger charge is 2.28. The molecule has 0 spiro atoms. The highest BCUT2D eigenvalue weighted by atomic mass is 16.3. The number of carbonyl (C=O) groups is 1. The Morgan fingerprint density at radius 1 is 0.917 bits per heavy atom. The Morgan fingerprint density at radius 2 is 1.50 bits per heavy atom. The third-order valence-corrected chi connectivity index (χ3v) is 4.62. The molecular weight excluding hydrogens is 300 g/mol. The molecule has 1 fully saturated rings. The maximum Gasteiger partial charge on any atom is 0.232 e. The zero-order valence-corrected chi connectivity index (χ0v) is 13.8. The molecule has 0 saturated carbocycles. The lowest BCUT2D eigenvalue weighted by Gasteiger charge is -2.36. The molecule has 1 amide bonds. The van der Waals surface area contributed by atoms with E-state index in [4.69, 9.17) is 0 Å². The number of amides is 1. The molecule has 126 valence electrons. The number of benzene rings is 2. The van der Waals surface area contributed by atoms with Gasteiger partial charge in [0.05, 0.1) is 12.5 Å². The summed E-state index contributed by atoms with van der Waals surface area (Å²) in [5.74, 6) is -0.421. The fourth-order valence-corrected chi connectivity index (χ4v) is 3.20. The van der Waals surface area contributed by atoms with Gasteiger partial charge in [-0.15, -0.1) is 0 Å². The summed E-state index contributed by atoms with van der Waals surface area (Å²) in [5, 5.41) is 9.67. The number of nitrogens with zero attached hydrogens (tertiary/aromatic N) is 2. The molecule has 0 radical (unpaired) electrons. The van der Waals surface area contributed by atoms with Gasteiger partial charge in [0.2, 0.25) is 5.91 Å². The highest BCUT2D eigenvalue weighted by Crippen LogP contribution is 2.19. The predicted molar refractivity (Wildman–Crippen MR) is 94.6 cm³/mol. The average molecular weight is 324 g/mol. The second-order valence-corrected chi connectivity index (χ2v) is 6.23. The number of aliphatic hydroxyl groups excluding tert-OH is 1. The zero-order valence-electron chi connectivity index (χ0n) is 13.8. The van der Waals surface area contributed by atoms with Gasteiger partial charge in [0.25, 0.3) is 0 Å². The number of piperazine rings is 1. The molecule has 0 aromatic heterocycles. The third-order valence-electron chi connectivity index (χ3n) is 4.62. The number of rotatable bonds is 5. The summed E-state index contributed by atoms with van der Waals surface area (Å²) in [4.78, 5) is 17.0. The summed E-state index contributed by atoms with van der Waals surface area (Å²) in [6, 6.07) is 20.0. The van der Waals surface area contributed by atoms with Crippen LogP contribution in [0.25, 0.3) is 0 Å². The molecule has 4 heteroatoms. The Labute approximate surface area is 143 Å². The van der Waals surface area contributed by atoms with E-state index in [1.807, 2.05) is 41.3 Å². The molecular formula is C20H24N2O2. The molecule has 1 heterocycles. The molecule has 1 atom stereocenters. The molecule has 1 aliphatic heterocycles. The van der Waals surface area contributed by atoms with E-state index in [1.54, 1.807) is 0 Å². The van der Waals surface area contributed by atoms with E-state index in [1.165, 1.54) is 5.56 Å². The minimum atomic E-state index is -0.452. The van der Waals surface area contributed by atoms with Crippen LogP contribution in [0.3, 0.4) is 0 Å². The largest absolute Gasteiger partial charge is 0.395 e. The van der Waals surface area contributed by atoms with Gasteiger partial charge in [-0.2, -0.15) is 0 Å². The van der Waals surface area contributed by atoms with E-state index < -0.39 is 5.92 Å². The first-order valence-electron chi connectivity index (χ1n) is 8.49. The Balaban J connectivity index is 1.56. The van der Waals surface area contributed by atoms with Crippen molar-refractivity contribution < 1.29 is 9.90 Å². The van der Waals surface area contributed by atoms with Gasteiger partial charge in [0.1, 0.15) is 0 Å². The monoisotopic (exact) mass is 324 g/mol. The van der Waals surface area contributed by atoms with Crippen LogP contribution in [-0.4, -0.2) is 53.6 Å². The number of aliphatic hydroxyl groups is 1. The standard InChI is InChI=1S/C20H24N2O2/c23-16-19(18-9-5-2-6-10-18)20(24)22-13-11-21(12-14-22)15-17-7-3-1-4-8-17/h1-10,19,23H,11-16H2/t19-/m1/s1. The Kier molecular flexibility index (Phi) is 5.62. The van der Waals surface area contributed by atoms with Crippen LogP contribution in [0.4, 0.5) is 0 Å². The lowest BCUT2D eigenvalue weighted by molar-refractivity contribution is -0.135. The van der Waals surface area contributed by atoms with Gasteiger partial charge in [0, 0.05) is 32.7 Å². The second kappa shape index (κ2) is 8.08. The van der Waals surface area contributed by atoms with Crippen molar-refractivity contribution in [1.29, 1.82) is 0 Å². The maximum atomic E-state index is 12.7. The summed E-state index contributed by atoms with van der Waals surface area (Å²) in [7, 11) is 0. The summed E-state index contributed by atoms with van der Waals surface area (Å²) < 4.78 is 0. The minimum Gasteiger partial charge on any atom is -0.395 e. The summed E-state index contributed by atoms with van der Waals surface area (Å²) in [5.41, 5.74) is 2.19. The molecule has 1 saturated heterocycles. The van der Waals surface area contributed by atoms with E-state index >= 15 is 0 Å². The SMILES string of the molecule is O=C([C@H](CO)c1ccccc1)N1CCN(Cc2ccccc2)CC1. The number of hydrogen-bond acceptors (Lipinski definition) is 3. The summed E-state index contributed by atoms with van der Waals surface area (Å²) >= 11 is 0. The van der Waals surface area contributed by atoms with Gasteiger partial charge in [-0.1, -0.05) is 60.7 Å². The Bertz CT molecular complexity index is 637. The van der Waals surface area contributed by atoms with Gasteiger partial charge in [0.15, 0.2) is 0 Å². The van der Waals surface area contributed by atoms with Crippen LogP contribution in [0.15, 0.2) is 60.7 Å². The molecule has 24 heavy (non-hydrogen) atoms. The third kappa shape index (κ3) is 4.02. The molecule has 4 nitrogen and oxygen atoms in total. The van der Waals surface area contributed by atoms with Crippen molar-refractivity contribution in [2.45, 2.75) is 12.5 Å². The molecule has 1 aliphatic rings. The second-order valence-electron chi connectivity index (χ2n) is 6.23. The van der Waals surface area contributed by atoms with Crippen LogP contribution >= 0.6 is 0 Å². The highest BCUT2D eigenvalue weighted by molar-refractivity contribution is 5.84. The van der Waals surface area contributed by atoms with Crippen molar-refractivity contribution in [1.82, 2.24) is 9.80 Å². The van der Waals surface area contributed by atoms with Crippen molar-refractivity contribution in [3.63, 3.8) is 0 Å². The van der Waals surface area contributed by atoms with E-state index in [2.05, 4.69) is 29.2 Å². The lowest BCUT2D eigenvalue weighted by Crippen LogP contribution is -2.50. The maximum absolute atomic E-state index is 12.7. The quantitative estimate of drug-likeness (QED) is 0.916. The normalized spacial score (nSPS) is 16.8. The van der Waals surface area contributed by atoms with E-state index in [9.17, 15) is 9.90 Å². The molecule has 0 unspecified atom stereocenters. The Morgan fingerprint density at radius 3 is 2.08 bits per heavy atom. The van der Waals surface area contributed by atoms with Crippen LogP contribution in [0.5, 0.6) is 0 Å². The van der Waals surface area contributed by atoms with Crippen molar-refractivity contribution in [3.05, 3.63) is 71.8 Å². The predicted octanol–water partition coefficient (Wildman–Crippen LogP) is 2.11. The first kappa shape index (κ1) is 16.7. The smallest absolute Gasteiger partial charge is 0.232 e. The van der Waals surface area contributed by atoms with Gasteiger partial charge >= 0.3 is 0 Å². The van der Waals surface area contributed by atoms with Gasteiger partial charge in [-0.3, -0.25) is 9.69 Å². The van der Waals surface area contributed by atoms with Gasteiger partial charge < -0.3 is 10.0 Å². The fourth-order valence-electron chi connectivity index (χ4n) is 3.20. The van der Waals surface area contributed by atoms with E-state index in [0.29, 0.717) is 0 Å². The van der Waals surface area contributed by atoms with Crippen LogP contribution in [0, 0.1) is 0 Å². The molecule has 0 aliphatic carbocycles. The van der Waals surface area contributed by atoms with Crippen molar-refractivity contribution in [2.24, 2.45) is 0 Å². The molecule has 0 bridgehead atoms. The average Bonchev–Trinajstić information content (AvgIpc) is 2.65. The molecule has 3 rings (SSSR count). The van der Waals surface area contributed by atoms with E-state index in [0.717, 1.165) is 38.3 Å². The fraction of sp³-hybridized carbons (Fsp3) is 0.350. The topological polar surface area (TPSA) is 43.8 Å². The van der Waals surface area contributed by atoms with Crippen LogP contribution in [-0.2, 0) is 11.3 Å². The number of hydrogen-bond donors (Lipinski definition) is 1. The van der Waals surface area contributed by atoms with Crippen LogP contribution in [0.2, 0.25) is 0 Å².